The highest BCUT2D eigenvalue weighted by molar-refractivity contribution is 6.12. The molecule has 0 aromatic heterocycles. The molecule has 186 valence electrons. The minimum atomic E-state index is -0.962. The molecule has 1 unspecified atom stereocenters. The molecule has 2 heterocycles. The summed E-state index contributed by atoms with van der Waals surface area (Å²) < 4.78 is 25.3. The summed E-state index contributed by atoms with van der Waals surface area (Å²) in [5.41, 5.74) is 1.98. The van der Waals surface area contributed by atoms with E-state index in [2.05, 4.69) is 6.58 Å². The number of fused-ring (bicyclic) bond motifs is 1. The molecule has 1 saturated carbocycles. The number of nitrogens with zero attached hydrogens (tertiary/aromatic N) is 2. The Bertz CT molecular complexity index is 1260. The van der Waals surface area contributed by atoms with Crippen LogP contribution in [0.2, 0.25) is 0 Å². The van der Waals surface area contributed by atoms with Gasteiger partial charge >= 0.3 is 0 Å². The largest absolute Gasteiger partial charge is 0.454 e. The van der Waals surface area contributed by atoms with Gasteiger partial charge in [-0.3, -0.25) is 14.5 Å². The molecule has 0 bridgehead atoms. The van der Waals surface area contributed by atoms with Crippen LogP contribution in [0.1, 0.15) is 49.4 Å². The van der Waals surface area contributed by atoms with Gasteiger partial charge in [-0.05, 0) is 62.2 Å². The highest BCUT2D eigenvalue weighted by Crippen LogP contribution is 2.39. The van der Waals surface area contributed by atoms with Crippen molar-refractivity contribution in [1.29, 1.82) is 0 Å². The number of halogens is 1. The molecule has 0 spiro atoms. The summed E-state index contributed by atoms with van der Waals surface area (Å²) in [6.07, 6.45) is 10.4. The van der Waals surface area contributed by atoms with Gasteiger partial charge in [-0.2, -0.15) is 0 Å². The zero-order chi connectivity index (χ0) is 25.2. The average Bonchev–Trinajstić information content (AvgIpc) is 3.47. The molecular weight excluding hydrogens is 459 g/mol. The number of allylic oxidation sites excluding steroid dienone is 2. The number of rotatable bonds is 6. The zero-order valence-corrected chi connectivity index (χ0v) is 20.3. The van der Waals surface area contributed by atoms with Crippen LogP contribution in [0, 0.1) is 5.82 Å². The first-order valence-electron chi connectivity index (χ1n) is 12.3. The van der Waals surface area contributed by atoms with Crippen LogP contribution in [0.15, 0.2) is 78.5 Å². The van der Waals surface area contributed by atoms with Crippen molar-refractivity contribution in [2.24, 2.45) is 0 Å². The molecule has 1 fully saturated rings. The smallest absolute Gasteiger partial charge is 0.259 e. The second-order valence-corrected chi connectivity index (χ2v) is 9.17. The van der Waals surface area contributed by atoms with E-state index in [9.17, 15) is 14.0 Å². The molecule has 7 heteroatoms. The number of ether oxygens (including phenoxy) is 2. The van der Waals surface area contributed by atoms with Gasteiger partial charge in [0.1, 0.15) is 11.9 Å². The lowest BCUT2D eigenvalue weighted by atomic mass is 9.94. The van der Waals surface area contributed by atoms with E-state index in [1.54, 1.807) is 30.3 Å². The summed E-state index contributed by atoms with van der Waals surface area (Å²) in [7, 11) is 0. The molecule has 2 aromatic rings. The number of hydrogen-bond acceptors (Lipinski definition) is 4. The van der Waals surface area contributed by atoms with Gasteiger partial charge in [-0.25, -0.2) is 4.39 Å². The summed E-state index contributed by atoms with van der Waals surface area (Å²) in [4.78, 5) is 31.4. The standard InChI is InChI=1S/C29H29FN2O4/c1-3-9-23-24(4-2)31(21-11-6-5-7-12-21)29(34)27(23)32(22-13-8-10-20(30)17-22)28(33)19-14-15-25-26(16-19)36-18-35-25/h3-4,8-10,13-17,21,27H,2,5-7,11-12,18H2,1H3/b9-3-. The van der Waals surface area contributed by atoms with E-state index in [4.69, 9.17) is 9.47 Å². The lowest BCUT2D eigenvalue weighted by molar-refractivity contribution is -0.130. The minimum absolute atomic E-state index is 0.0412. The first kappa shape index (κ1) is 23.9. The Labute approximate surface area is 210 Å². The fraction of sp³-hybridized carbons (Fsp3) is 0.310. The van der Waals surface area contributed by atoms with Gasteiger partial charge in [-0.15, -0.1) is 0 Å². The third-order valence-electron chi connectivity index (χ3n) is 6.98. The number of carbonyl (C=O) groups is 2. The predicted octanol–water partition coefficient (Wildman–Crippen LogP) is 5.76. The summed E-state index contributed by atoms with van der Waals surface area (Å²) >= 11 is 0. The summed E-state index contributed by atoms with van der Waals surface area (Å²) in [5.74, 6) is -0.132. The monoisotopic (exact) mass is 488 g/mol. The van der Waals surface area contributed by atoms with E-state index in [1.165, 1.54) is 23.1 Å². The SMILES string of the molecule is C=CC1=C(/C=C\C)C(N(C(=O)c2ccc3c(c2)OCO3)c2cccc(F)c2)C(=O)N1C1CCCCC1. The van der Waals surface area contributed by atoms with Gasteiger partial charge in [0.05, 0.1) is 0 Å². The fourth-order valence-electron chi connectivity index (χ4n) is 5.38. The van der Waals surface area contributed by atoms with Crippen LogP contribution < -0.4 is 14.4 Å². The highest BCUT2D eigenvalue weighted by atomic mass is 19.1. The number of amides is 2. The molecule has 2 aromatic carbocycles. The molecule has 36 heavy (non-hydrogen) atoms. The van der Waals surface area contributed by atoms with Crippen molar-refractivity contribution in [3.8, 4) is 11.5 Å². The maximum absolute atomic E-state index is 14.4. The Morgan fingerprint density at radius 3 is 2.61 bits per heavy atom. The lowest BCUT2D eigenvalue weighted by Crippen LogP contribution is -2.49. The normalized spacial score (nSPS) is 19.9. The first-order chi connectivity index (χ1) is 17.5. The van der Waals surface area contributed by atoms with Crippen LogP contribution in [-0.2, 0) is 4.79 Å². The molecule has 1 aliphatic carbocycles. The van der Waals surface area contributed by atoms with Crippen molar-refractivity contribution >= 4 is 17.5 Å². The van der Waals surface area contributed by atoms with Gasteiger partial charge in [-0.1, -0.05) is 44.1 Å². The van der Waals surface area contributed by atoms with Crippen LogP contribution in [0.3, 0.4) is 0 Å². The summed E-state index contributed by atoms with van der Waals surface area (Å²) in [6.45, 7) is 5.94. The van der Waals surface area contributed by atoms with Crippen LogP contribution in [-0.4, -0.2) is 35.6 Å². The van der Waals surface area contributed by atoms with Gasteiger partial charge in [0, 0.05) is 28.6 Å². The van der Waals surface area contributed by atoms with Gasteiger partial charge < -0.3 is 14.4 Å². The quantitative estimate of drug-likeness (QED) is 0.519. The Morgan fingerprint density at radius 1 is 1.11 bits per heavy atom. The zero-order valence-electron chi connectivity index (χ0n) is 20.3. The molecular formula is C29H29FN2O4. The Hall–Kier alpha value is -3.87. The summed E-state index contributed by atoms with van der Waals surface area (Å²) in [5, 5.41) is 0. The Balaban J connectivity index is 1.64. The maximum atomic E-state index is 14.4. The molecule has 0 N–H and O–H groups in total. The topological polar surface area (TPSA) is 59.1 Å². The van der Waals surface area contributed by atoms with E-state index in [0.29, 0.717) is 34.0 Å². The van der Waals surface area contributed by atoms with Crippen molar-refractivity contribution in [2.45, 2.75) is 51.1 Å². The summed E-state index contributed by atoms with van der Waals surface area (Å²) in [6, 6.07) is 9.76. The number of carbonyl (C=O) groups excluding carboxylic acids is 2. The molecule has 0 saturated heterocycles. The third-order valence-corrected chi connectivity index (χ3v) is 6.98. The van der Waals surface area contributed by atoms with E-state index in [1.807, 2.05) is 24.0 Å². The number of anilines is 1. The minimum Gasteiger partial charge on any atom is -0.454 e. The van der Waals surface area contributed by atoms with Crippen molar-refractivity contribution in [3.63, 3.8) is 0 Å². The first-order valence-corrected chi connectivity index (χ1v) is 12.3. The highest BCUT2D eigenvalue weighted by Gasteiger charge is 2.46. The number of benzene rings is 2. The molecule has 6 nitrogen and oxygen atoms in total. The Kier molecular flexibility index (Phi) is 6.63. The second kappa shape index (κ2) is 10.0. The molecule has 2 amide bonds. The average molecular weight is 489 g/mol. The van der Waals surface area contributed by atoms with Crippen LogP contribution in [0.4, 0.5) is 10.1 Å². The van der Waals surface area contributed by atoms with Crippen molar-refractivity contribution in [3.05, 3.63) is 89.9 Å². The van der Waals surface area contributed by atoms with Crippen molar-refractivity contribution in [1.82, 2.24) is 4.90 Å². The predicted molar refractivity (Wildman–Crippen MR) is 135 cm³/mol. The molecule has 3 aliphatic rings. The van der Waals surface area contributed by atoms with Gasteiger partial charge in [0.15, 0.2) is 11.5 Å². The van der Waals surface area contributed by atoms with Gasteiger partial charge in [0.25, 0.3) is 11.8 Å². The van der Waals surface area contributed by atoms with Crippen LogP contribution >= 0.6 is 0 Å². The van der Waals surface area contributed by atoms with E-state index in [0.717, 1.165) is 32.1 Å². The fourth-order valence-corrected chi connectivity index (χ4v) is 5.38. The van der Waals surface area contributed by atoms with E-state index < -0.39 is 17.8 Å². The van der Waals surface area contributed by atoms with E-state index >= 15 is 0 Å². The maximum Gasteiger partial charge on any atom is 0.259 e. The molecule has 2 aliphatic heterocycles. The van der Waals surface area contributed by atoms with Crippen LogP contribution in [0.5, 0.6) is 11.5 Å². The number of hydrogen-bond donors (Lipinski definition) is 0. The second-order valence-electron chi connectivity index (χ2n) is 9.17. The van der Waals surface area contributed by atoms with Crippen molar-refractivity contribution in [2.75, 3.05) is 11.7 Å². The Morgan fingerprint density at radius 2 is 1.89 bits per heavy atom. The lowest BCUT2D eigenvalue weighted by Gasteiger charge is -2.34. The van der Waals surface area contributed by atoms with Crippen LogP contribution in [0.25, 0.3) is 0 Å². The molecule has 1 atom stereocenters. The van der Waals surface area contributed by atoms with Gasteiger partial charge in [0.2, 0.25) is 6.79 Å². The molecule has 5 rings (SSSR count). The van der Waals surface area contributed by atoms with E-state index in [-0.39, 0.29) is 18.7 Å². The molecule has 0 radical (unpaired) electrons. The van der Waals surface area contributed by atoms with Crippen molar-refractivity contribution < 1.29 is 23.5 Å². The third kappa shape index (κ3) is 4.19.